The minimum Gasteiger partial charge on any atom is -0.478 e. The second-order valence-corrected chi connectivity index (χ2v) is 4.30. The number of hydrogen-bond donors (Lipinski definition) is 2. The van der Waals surface area contributed by atoms with Crippen LogP contribution in [0.25, 0.3) is 6.08 Å². The minimum absolute atomic E-state index is 0.187. The molecule has 0 aromatic heterocycles. The van der Waals surface area contributed by atoms with Gasteiger partial charge >= 0.3 is 5.97 Å². The minimum atomic E-state index is -0.991. The molecule has 0 saturated carbocycles. The van der Waals surface area contributed by atoms with E-state index in [1.165, 1.54) is 18.4 Å². The van der Waals surface area contributed by atoms with E-state index in [4.69, 9.17) is 14.7 Å². The van der Waals surface area contributed by atoms with Crippen molar-refractivity contribution < 1.29 is 24.7 Å². The van der Waals surface area contributed by atoms with Gasteiger partial charge in [0.25, 0.3) is 0 Å². The smallest absolute Gasteiger partial charge is 0.335 e. The lowest BCUT2D eigenvalue weighted by Crippen LogP contribution is -2.18. The van der Waals surface area contributed by atoms with Crippen LogP contribution in [0.5, 0.6) is 11.5 Å². The quantitative estimate of drug-likeness (QED) is 0.900. The Labute approximate surface area is 120 Å². The van der Waals surface area contributed by atoms with E-state index in [0.717, 1.165) is 0 Å². The fourth-order valence-corrected chi connectivity index (χ4v) is 1.96. The van der Waals surface area contributed by atoms with E-state index in [1.807, 2.05) is 0 Å². The molecular formula is C15H11NO5. The summed E-state index contributed by atoms with van der Waals surface area (Å²) in [6, 6.07) is 11.2. The van der Waals surface area contributed by atoms with Gasteiger partial charge in [0.15, 0.2) is 0 Å². The van der Waals surface area contributed by atoms with Crippen LogP contribution in [0.3, 0.4) is 0 Å². The lowest BCUT2D eigenvalue weighted by atomic mass is 10.1. The lowest BCUT2D eigenvalue weighted by Gasteiger charge is -2.22. The van der Waals surface area contributed by atoms with E-state index in [9.17, 15) is 10.0 Å². The first-order valence-electron chi connectivity index (χ1n) is 6.12. The third-order valence-electron chi connectivity index (χ3n) is 2.97. The molecule has 0 atom stereocenters. The number of ether oxygens (including phenoxy) is 1. The molecule has 0 amide bonds. The first kappa shape index (κ1) is 13.0. The van der Waals surface area contributed by atoms with Crippen LogP contribution >= 0.6 is 0 Å². The Hall–Kier alpha value is -2.99. The van der Waals surface area contributed by atoms with Gasteiger partial charge in [-0.3, -0.25) is 5.21 Å². The van der Waals surface area contributed by atoms with Crippen molar-refractivity contribution in [2.24, 2.45) is 0 Å². The predicted molar refractivity (Wildman–Crippen MR) is 74.3 cm³/mol. The average Bonchev–Trinajstić information content (AvgIpc) is 2.49. The normalized spacial score (nSPS) is 12.5. The van der Waals surface area contributed by atoms with Crippen LogP contribution < -0.4 is 9.96 Å². The van der Waals surface area contributed by atoms with Crippen LogP contribution in [0.15, 0.2) is 48.7 Å². The zero-order valence-corrected chi connectivity index (χ0v) is 10.8. The van der Waals surface area contributed by atoms with Crippen molar-refractivity contribution in [2.45, 2.75) is 0 Å². The van der Waals surface area contributed by atoms with E-state index in [1.54, 1.807) is 36.4 Å². The van der Waals surface area contributed by atoms with Gasteiger partial charge in [0.1, 0.15) is 23.4 Å². The van der Waals surface area contributed by atoms with Gasteiger partial charge in [0.05, 0.1) is 5.56 Å². The molecule has 2 aromatic rings. The molecule has 0 bridgehead atoms. The van der Waals surface area contributed by atoms with Crippen LogP contribution in [-0.4, -0.2) is 16.3 Å². The Morgan fingerprint density at radius 3 is 2.62 bits per heavy atom. The first-order valence-corrected chi connectivity index (χ1v) is 6.12. The highest BCUT2D eigenvalue weighted by atomic mass is 16.9. The molecule has 0 aliphatic carbocycles. The van der Waals surface area contributed by atoms with E-state index in [2.05, 4.69) is 0 Å². The van der Waals surface area contributed by atoms with Gasteiger partial charge in [-0.2, -0.15) is 0 Å². The maximum atomic E-state index is 10.8. The zero-order chi connectivity index (χ0) is 14.8. The SMILES string of the molecule is O=C(O)c1ccc(Oc2cccc3c2C=CON3O)cc1. The lowest BCUT2D eigenvalue weighted by molar-refractivity contribution is 0.0133. The average molecular weight is 285 g/mol. The second kappa shape index (κ2) is 5.18. The molecule has 0 fully saturated rings. The first-order chi connectivity index (χ1) is 10.1. The standard InChI is InChI=1S/C15H11NO5/c17-15(18)10-4-6-11(7-5-10)21-14-3-1-2-13-12(14)8-9-20-16(13)19/h1-9,19H,(H,17,18). The monoisotopic (exact) mass is 285 g/mol. The van der Waals surface area contributed by atoms with Crippen LogP contribution in [0, 0.1) is 0 Å². The summed E-state index contributed by atoms with van der Waals surface area (Å²) < 4.78 is 5.72. The second-order valence-electron chi connectivity index (χ2n) is 4.30. The van der Waals surface area contributed by atoms with E-state index >= 15 is 0 Å². The molecular weight excluding hydrogens is 274 g/mol. The largest absolute Gasteiger partial charge is 0.478 e. The molecule has 2 aromatic carbocycles. The summed E-state index contributed by atoms with van der Waals surface area (Å²) in [6.07, 6.45) is 3.01. The van der Waals surface area contributed by atoms with Gasteiger partial charge < -0.3 is 14.7 Å². The molecule has 2 N–H and O–H groups in total. The highest BCUT2D eigenvalue weighted by Crippen LogP contribution is 2.35. The van der Waals surface area contributed by atoms with Crippen molar-refractivity contribution in [3.8, 4) is 11.5 Å². The molecule has 0 saturated heterocycles. The summed E-state index contributed by atoms with van der Waals surface area (Å²) in [4.78, 5) is 15.6. The summed E-state index contributed by atoms with van der Waals surface area (Å²) in [7, 11) is 0. The molecule has 0 radical (unpaired) electrons. The number of rotatable bonds is 3. The summed E-state index contributed by atoms with van der Waals surface area (Å²) in [5.41, 5.74) is 1.30. The number of carbonyl (C=O) groups is 1. The molecule has 0 spiro atoms. The molecule has 6 heteroatoms. The van der Waals surface area contributed by atoms with Gasteiger partial charge in [-0.25, -0.2) is 4.79 Å². The fraction of sp³-hybridized carbons (Fsp3) is 0. The molecule has 3 rings (SSSR count). The van der Waals surface area contributed by atoms with Gasteiger partial charge in [0.2, 0.25) is 0 Å². The van der Waals surface area contributed by atoms with Gasteiger partial charge in [-0.05, 0) is 42.5 Å². The van der Waals surface area contributed by atoms with Crippen LogP contribution in [0.4, 0.5) is 5.69 Å². The van der Waals surface area contributed by atoms with Crippen LogP contribution in [0.1, 0.15) is 15.9 Å². The molecule has 0 unspecified atom stereocenters. The van der Waals surface area contributed by atoms with Crippen molar-refractivity contribution in [1.29, 1.82) is 0 Å². The number of nitrogens with zero attached hydrogens (tertiary/aromatic N) is 1. The van der Waals surface area contributed by atoms with Crippen molar-refractivity contribution in [1.82, 2.24) is 0 Å². The molecule has 1 aliphatic heterocycles. The third kappa shape index (κ3) is 2.52. The van der Waals surface area contributed by atoms with E-state index < -0.39 is 5.97 Å². The third-order valence-corrected chi connectivity index (χ3v) is 2.97. The molecule has 106 valence electrons. The molecule has 21 heavy (non-hydrogen) atoms. The molecule has 6 nitrogen and oxygen atoms in total. The maximum absolute atomic E-state index is 10.8. The summed E-state index contributed by atoms with van der Waals surface area (Å²) in [6.45, 7) is 0. The van der Waals surface area contributed by atoms with Crippen molar-refractivity contribution in [3.05, 3.63) is 59.9 Å². The predicted octanol–water partition coefficient (Wildman–Crippen LogP) is 3.29. The highest BCUT2D eigenvalue weighted by molar-refractivity contribution is 5.87. The Morgan fingerprint density at radius 2 is 1.90 bits per heavy atom. The van der Waals surface area contributed by atoms with Crippen molar-refractivity contribution >= 4 is 17.7 Å². The number of hydrogen-bond acceptors (Lipinski definition) is 5. The van der Waals surface area contributed by atoms with E-state index in [0.29, 0.717) is 28.0 Å². The molecule has 1 aliphatic rings. The number of aromatic carboxylic acids is 1. The number of anilines is 1. The van der Waals surface area contributed by atoms with Gasteiger partial charge in [-0.15, -0.1) is 0 Å². The van der Waals surface area contributed by atoms with Crippen molar-refractivity contribution in [2.75, 3.05) is 5.23 Å². The fourth-order valence-electron chi connectivity index (χ4n) is 1.96. The van der Waals surface area contributed by atoms with Gasteiger partial charge in [0, 0.05) is 5.56 Å². The summed E-state index contributed by atoms with van der Waals surface area (Å²) >= 11 is 0. The van der Waals surface area contributed by atoms with Crippen LogP contribution in [0.2, 0.25) is 0 Å². The number of carboxylic acids is 1. The van der Waals surface area contributed by atoms with Gasteiger partial charge in [-0.1, -0.05) is 11.3 Å². The number of fused-ring (bicyclic) bond motifs is 1. The maximum Gasteiger partial charge on any atom is 0.335 e. The summed E-state index contributed by atoms with van der Waals surface area (Å²) in [5, 5.41) is 19.1. The zero-order valence-electron chi connectivity index (χ0n) is 10.8. The number of carboxylic acid groups (broad SMARTS) is 1. The summed E-state index contributed by atoms with van der Waals surface area (Å²) in [5.74, 6) is 0.0293. The Bertz CT molecular complexity index is 709. The van der Waals surface area contributed by atoms with Crippen LogP contribution in [-0.2, 0) is 4.84 Å². The Kier molecular flexibility index (Phi) is 3.21. The Balaban J connectivity index is 1.91. The van der Waals surface area contributed by atoms with Crippen molar-refractivity contribution in [3.63, 3.8) is 0 Å². The topological polar surface area (TPSA) is 79.2 Å². The molecule has 1 heterocycles. The number of benzene rings is 2. The van der Waals surface area contributed by atoms with E-state index in [-0.39, 0.29) is 5.56 Å². The highest BCUT2D eigenvalue weighted by Gasteiger charge is 2.17. The Morgan fingerprint density at radius 1 is 1.14 bits per heavy atom.